The molecule has 2 aromatic heterocycles. The van der Waals surface area contributed by atoms with Gasteiger partial charge in [0.25, 0.3) is 0 Å². The molecule has 11 aromatic rings. The van der Waals surface area contributed by atoms with Gasteiger partial charge in [0.1, 0.15) is 0 Å². The first-order chi connectivity index (χ1) is 30.7. The maximum absolute atomic E-state index is 5.05. The fraction of sp³-hybridized carbons (Fsp3) is 0. The molecule has 0 saturated carbocycles. The fourth-order valence-corrected chi connectivity index (χ4v) is 8.04. The van der Waals surface area contributed by atoms with Gasteiger partial charge in [-0.05, 0) is 49.9 Å². The average Bonchev–Trinajstić information content (AvgIpc) is 3.36. The molecule has 0 unspecified atom stereocenters. The van der Waals surface area contributed by atoms with E-state index in [0.717, 1.165) is 66.4 Å². The number of rotatable bonds is 8. The monoisotopic (exact) mass is 792 g/mol. The Hall–Kier alpha value is -8.48. The second-order valence-corrected chi connectivity index (χ2v) is 15.1. The van der Waals surface area contributed by atoms with Crippen molar-refractivity contribution in [1.29, 1.82) is 0 Å². The number of benzene rings is 9. The Morgan fingerprint density at radius 3 is 0.919 bits per heavy atom. The molecule has 0 fully saturated rings. The van der Waals surface area contributed by atoms with Gasteiger partial charge in [0.15, 0.2) is 34.9 Å². The van der Waals surface area contributed by atoms with E-state index >= 15 is 0 Å². The molecule has 6 nitrogen and oxygen atoms in total. The molecule has 9 aromatic carbocycles. The molecule has 0 aliphatic heterocycles. The minimum Gasteiger partial charge on any atom is -0.208 e. The first-order valence-corrected chi connectivity index (χ1v) is 20.6. The maximum atomic E-state index is 5.05. The van der Waals surface area contributed by atoms with Gasteiger partial charge in [-0.3, -0.25) is 0 Å². The molecule has 0 amide bonds. The van der Waals surface area contributed by atoms with E-state index in [-0.39, 0.29) is 0 Å². The summed E-state index contributed by atoms with van der Waals surface area (Å²) in [6, 6.07) is 75.0. The van der Waals surface area contributed by atoms with Gasteiger partial charge in [0.2, 0.25) is 0 Å². The predicted molar refractivity (Wildman–Crippen MR) is 252 cm³/mol. The van der Waals surface area contributed by atoms with Crippen molar-refractivity contribution in [2.45, 2.75) is 0 Å². The largest absolute Gasteiger partial charge is 0.208 e. The molecule has 290 valence electrons. The number of hydrogen-bond donors (Lipinski definition) is 0. The van der Waals surface area contributed by atoms with Gasteiger partial charge >= 0.3 is 0 Å². The van der Waals surface area contributed by atoms with E-state index in [0.29, 0.717) is 34.9 Å². The van der Waals surface area contributed by atoms with Gasteiger partial charge in [0.05, 0.1) is 0 Å². The van der Waals surface area contributed by atoms with E-state index in [1.54, 1.807) is 0 Å². The zero-order chi connectivity index (χ0) is 41.2. The summed E-state index contributed by atoms with van der Waals surface area (Å²) < 4.78 is 0. The van der Waals surface area contributed by atoms with Gasteiger partial charge in [-0.15, -0.1) is 0 Å². The third-order valence-electron chi connectivity index (χ3n) is 11.2. The van der Waals surface area contributed by atoms with Crippen LogP contribution in [0.5, 0.6) is 0 Å². The Balaban J connectivity index is 0.956. The van der Waals surface area contributed by atoms with Crippen molar-refractivity contribution in [2.75, 3.05) is 0 Å². The van der Waals surface area contributed by atoms with Crippen LogP contribution in [0.3, 0.4) is 0 Å². The molecule has 0 saturated heterocycles. The summed E-state index contributed by atoms with van der Waals surface area (Å²) in [6.45, 7) is 0. The van der Waals surface area contributed by atoms with Crippen molar-refractivity contribution in [3.05, 3.63) is 218 Å². The first-order valence-electron chi connectivity index (χ1n) is 20.6. The first kappa shape index (κ1) is 36.6. The fourth-order valence-electron chi connectivity index (χ4n) is 8.04. The zero-order valence-corrected chi connectivity index (χ0v) is 33.5. The molecular weight excluding hydrogens is 757 g/mol. The standard InChI is InChI=1S/C56H36N6/c1-4-15-41(16-5-1)51-57-52(42-17-6-2-7-18-42)59-54(58-51)44-31-27-38(28-32-44)48-24-12-22-40-23-13-25-49(50(40)48)39-29-33-45(34-30-39)55-60-53(43-19-8-3-9-20-43)61-56(62-55)47-35-26-37-14-10-11-21-46(37)36-47/h1-36H. The Morgan fingerprint density at radius 2 is 0.500 bits per heavy atom. The van der Waals surface area contributed by atoms with E-state index in [9.17, 15) is 0 Å². The molecule has 2 heterocycles. The van der Waals surface area contributed by atoms with Crippen molar-refractivity contribution in [1.82, 2.24) is 29.9 Å². The van der Waals surface area contributed by atoms with Gasteiger partial charge in [-0.25, -0.2) is 29.9 Å². The van der Waals surface area contributed by atoms with Crippen molar-refractivity contribution in [3.63, 3.8) is 0 Å². The highest BCUT2D eigenvalue weighted by atomic mass is 15.0. The van der Waals surface area contributed by atoms with Crippen LogP contribution < -0.4 is 0 Å². The molecule has 0 radical (unpaired) electrons. The second-order valence-electron chi connectivity index (χ2n) is 15.1. The molecule has 0 aliphatic carbocycles. The number of aromatic nitrogens is 6. The SMILES string of the molecule is c1ccc(-c2nc(-c3ccccc3)nc(-c3ccc(-c4cccc5cccc(-c6ccc(-c7nc(-c8ccccc8)nc(-c8ccc9ccccc9c8)n7)cc6)c45)cc3)n2)cc1. The zero-order valence-electron chi connectivity index (χ0n) is 33.5. The molecule has 0 N–H and O–H groups in total. The second kappa shape index (κ2) is 15.9. The van der Waals surface area contributed by atoms with Crippen LogP contribution in [-0.4, -0.2) is 29.9 Å². The van der Waals surface area contributed by atoms with E-state index in [1.165, 1.54) is 10.8 Å². The van der Waals surface area contributed by atoms with Gasteiger partial charge in [0, 0.05) is 33.4 Å². The summed E-state index contributed by atoms with van der Waals surface area (Å²) in [7, 11) is 0. The van der Waals surface area contributed by atoms with Gasteiger partial charge in [-0.2, -0.15) is 0 Å². The molecule has 0 spiro atoms. The van der Waals surface area contributed by atoms with Crippen LogP contribution in [-0.2, 0) is 0 Å². The predicted octanol–water partition coefficient (Wildman–Crippen LogP) is 13.7. The molecule has 0 atom stereocenters. The van der Waals surface area contributed by atoms with Crippen LogP contribution in [0, 0.1) is 0 Å². The molecule has 11 rings (SSSR count). The lowest BCUT2D eigenvalue weighted by molar-refractivity contribution is 1.07. The highest BCUT2D eigenvalue weighted by Gasteiger charge is 2.16. The van der Waals surface area contributed by atoms with Gasteiger partial charge in [-0.1, -0.05) is 212 Å². The number of fused-ring (bicyclic) bond motifs is 2. The van der Waals surface area contributed by atoms with Crippen molar-refractivity contribution < 1.29 is 0 Å². The summed E-state index contributed by atoms with van der Waals surface area (Å²) >= 11 is 0. The van der Waals surface area contributed by atoms with Crippen LogP contribution in [0.1, 0.15) is 0 Å². The summed E-state index contributed by atoms with van der Waals surface area (Å²) in [5.41, 5.74) is 10.1. The third-order valence-corrected chi connectivity index (χ3v) is 11.2. The summed E-state index contributed by atoms with van der Waals surface area (Å²) in [6.07, 6.45) is 0. The Labute approximate surface area is 359 Å². The highest BCUT2D eigenvalue weighted by Crippen LogP contribution is 2.38. The van der Waals surface area contributed by atoms with E-state index in [1.807, 2.05) is 91.0 Å². The summed E-state index contributed by atoms with van der Waals surface area (Å²) in [4.78, 5) is 29.8. The number of nitrogens with zero attached hydrogens (tertiary/aromatic N) is 6. The normalized spacial score (nSPS) is 11.2. The Bertz CT molecular complexity index is 3310. The lowest BCUT2D eigenvalue weighted by atomic mass is 9.91. The Kier molecular flexibility index (Phi) is 9.41. The van der Waals surface area contributed by atoms with Crippen LogP contribution >= 0.6 is 0 Å². The maximum Gasteiger partial charge on any atom is 0.164 e. The summed E-state index contributed by atoms with van der Waals surface area (Å²) in [5.74, 6) is 3.80. The highest BCUT2D eigenvalue weighted by molar-refractivity contribution is 6.06. The Morgan fingerprint density at radius 1 is 0.194 bits per heavy atom. The minimum atomic E-state index is 0.622. The van der Waals surface area contributed by atoms with Gasteiger partial charge < -0.3 is 0 Å². The lowest BCUT2D eigenvalue weighted by Gasteiger charge is -2.14. The molecule has 0 bridgehead atoms. The topological polar surface area (TPSA) is 77.3 Å². The lowest BCUT2D eigenvalue weighted by Crippen LogP contribution is -2.00. The number of hydrogen-bond acceptors (Lipinski definition) is 6. The molecule has 62 heavy (non-hydrogen) atoms. The average molecular weight is 793 g/mol. The molecule has 0 aliphatic rings. The van der Waals surface area contributed by atoms with E-state index in [2.05, 4.69) is 127 Å². The smallest absolute Gasteiger partial charge is 0.164 e. The van der Waals surface area contributed by atoms with Crippen LogP contribution in [0.15, 0.2) is 218 Å². The molecule has 6 heteroatoms. The quantitative estimate of drug-likeness (QED) is 0.152. The summed E-state index contributed by atoms with van der Waals surface area (Å²) in [5, 5.41) is 4.66. The molecular formula is C56H36N6. The van der Waals surface area contributed by atoms with Crippen LogP contribution in [0.25, 0.3) is 112 Å². The van der Waals surface area contributed by atoms with Crippen LogP contribution in [0.2, 0.25) is 0 Å². The third kappa shape index (κ3) is 7.16. The van der Waals surface area contributed by atoms with Crippen molar-refractivity contribution >= 4 is 21.5 Å². The van der Waals surface area contributed by atoms with Crippen molar-refractivity contribution in [2.24, 2.45) is 0 Å². The van der Waals surface area contributed by atoms with Crippen LogP contribution in [0.4, 0.5) is 0 Å². The van der Waals surface area contributed by atoms with Crippen molar-refractivity contribution in [3.8, 4) is 90.6 Å². The van der Waals surface area contributed by atoms with E-state index < -0.39 is 0 Å². The van der Waals surface area contributed by atoms with E-state index in [4.69, 9.17) is 29.9 Å². The minimum absolute atomic E-state index is 0.622.